The highest BCUT2D eigenvalue weighted by atomic mass is 16.5. The second-order valence-corrected chi connectivity index (χ2v) is 7.60. The number of nitrogens with zero attached hydrogens (tertiary/aromatic N) is 1. The second kappa shape index (κ2) is 8.19. The van der Waals surface area contributed by atoms with E-state index in [1.54, 1.807) is 12.2 Å². The second-order valence-electron chi connectivity index (χ2n) is 7.60. The van der Waals surface area contributed by atoms with E-state index >= 15 is 0 Å². The van der Waals surface area contributed by atoms with E-state index in [1.165, 1.54) is 6.42 Å². The van der Waals surface area contributed by atoms with Gasteiger partial charge in [-0.15, -0.1) is 0 Å². The molecule has 1 aromatic heterocycles. The van der Waals surface area contributed by atoms with Crippen molar-refractivity contribution in [3.63, 3.8) is 0 Å². The largest absolute Gasteiger partial charge is 0.461 e. The number of hydrogen-bond donors (Lipinski definition) is 1. The van der Waals surface area contributed by atoms with E-state index in [1.807, 2.05) is 12.1 Å². The maximum absolute atomic E-state index is 12.1. The summed E-state index contributed by atoms with van der Waals surface area (Å²) < 4.78 is 11.2. The van der Waals surface area contributed by atoms with Crippen molar-refractivity contribution in [2.75, 3.05) is 32.8 Å². The van der Waals surface area contributed by atoms with Crippen molar-refractivity contribution in [1.29, 1.82) is 0 Å². The topological polar surface area (TPSA) is 54.7 Å². The van der Waals surface area contributed by atoms with Crippen molar-refractivity contribution in [3.8, 4) is 0 Å². The molecule has 2 heterocycles. The number of carbonyl (C=O) groups excluding carboxylic acids is 1. The third-order valence-corrected chi connectivity index (χ3v) is 5.29. The number of rotatable bonds is 7. The number of ether oxygens (including phenoxy) is 1. The molecule has 0 radical (unpaired) electrons. The molecule has 1 aromatic rings. The van der Waals surface area contributed by atoms with Gasteiger partial charge in [0.1, 0.15) is 11.5 Å². The normalized spacial score (nSPS) is 25.4. The number of hydrogen-bond acceptors (Lipinski definition) is 4. The molecule has 1 saturated carbocycles. The number of amides is 1. The summed E-state index contributed by atoms with van der Waals surface area (Å²) in [6.07, 6.45) is 4.52. The highest BCUT2D eigenvalue weighted by Gasteiger charge is 2.36. The van der Waals surface area contributed by atoms with Crippen LogP contribution in [-0.2, 0) is 9.53 Å². The van der Waals surface area contributed by atoms with Gasteiger partial charge in [-0.3, -0.25) is 9.69 Å². The number of furan rings is 1. The van der Waals surface area contributed by atoms with Gasteiger partial charge in [-0.05, 0) is 36.5 Å². The summed E-state index contributed by atoms with van der Waals surface area (Å²) in [4.78, 5) is 14.6. The predicted octanol–water partition coefficient (Wildman–Crippen LogP) is 2.89. The first-order chi connectivity index (χ1) is 12.0. The fourth-order valence-corrected chi connectivity index (χ4v) is 3.49. The summed E-state index contributed by atoms with van der Waals surface area (Å²) in [6, 6.07) is 4.31. The molecule has 3 rings (SSSR count). The van der Waals surface area contributed by atoms with Crippen LogP contribution < -0.4 is 5.32 Å². The van der Waals surface area contributed by atoms with Gasteiger partial charge in [0.25, 0.3) is 0 Å². The maximum atomic E-state index is 12.1. The van der Waals surface area contributed by atoms with E-state index < -0.39 is 0 Å². The van der Waals surface area contributed by atoms with Gasteiger partial charge in [0, 0.05) is 37.7 Å². The number of carbonyl (C=O) groups is 1. The lowest BCUT2D eigenvalue weighted by molar-refractivity contribution is -0.116. The zero-order chi connectivity index (χ0) is 17.8. The highest BCUT2D eigenvalue weighted by molar-refractivity contribution is 5.91. The lowest BCUT2D eigenvalue weighted by atomic mass is 10.0. The van der Waals surface area contributed by atoms with E-state index in [4.69, 9.17) is 9.15 Å². The molecule has 1 aliphatic heterocycles. The van der Waals surface area contributed by atoms with Gasteiger partial charge >= 0.3 is 0 Å². The average Bonchev–Trinajstić information content (AvgIpc) is 3.15. The molecular formula is C20H30N2O3. The molecule has 2 aliphatic rings. The Kier molecular flexibility index (Phi) is 5.97. The van der Waals surface area contributed by atoms with Crippen LogP contribution in [0, 0.1) is 11.8 Å². The van der Waals surface area contributed by atoms with E-state index in [0.717, 1.165) is 43.7 Å². The van der Waals surface area contributed by atoms with Gasteiger partial charge in [-0.25, -0.2) is 0 Å². The van der Waals surface area contributed by atoms with Crippen LogP contribution in [0.3, 0.4) is 0 Å². The van der Waals surface area contributed by atoms with Crippen LogP contribution in [0.25, 0.3) is 6.08 Å². The SMILES string of the molecule is CC(C)[C@@H](CNC(=O)/C=C/c1ccc([C@@H]2C[C@@H]2C)o1)N1CCOCC1. The monoisotopic (exact) mass is 346 g/mol. The summed E-state index contributed by atoms with van der Waals surface area (Å²) in [6.45, 7) is 10.7. The van der Waals surface area contributed by atoms with Crippen molar-refractivity contribution in [1.82, 2.24) is 10.2 Å². The minimum absolute atomic E-state index is 0.0725. The van der Waals surface area contributed by atoms with Gasteiger partial charge in [-0.2, -0.15) is 0 Å². The lowest BCUT2D eigenvalue weighted by Gasteiger charge is -2.36. The fourth-order valence-electron chi connectivity index (χ4n) is 3.49. The zero-order valence-corrected chi connectivity index (χ0v) is 15.5. The molecule has 0 aromatic carbocycles. The molecule has 1 aliphatic carbocycles. The minimum Gasteiger partial charge on any atom is -0.461 e. The summed E-state index contributed by atoms with van der Waals surface area (Å²) >= 11 is 0. The molecule has 3 atom stereocenters. The van der Waals surface area contributed by atoms with Crippen molar-refractivity contribution in [2.45, 2.75) is 39.2 Å². The Bertz CT molecular complexity index is 602. The molecule has 138 valence electrons. The molecule has 25 heavy (non-hydrogen) atoms. The first-order valence-corrected chi connectivity index (χ1v) is 9.42. The van der Waals surface area contributed by atoms with Gasteiger partial charge < -0.3 is 14.5 Å². The smallest absolute Gasteiger partial charge is 0.244 e. The first kappa shape index (κ1) is 18.2. The quantitative estimate of drug-likeness (QED) is 0.772. The fraction of sp³-hybridized carbons (Fsp3) is 0.650. The summed E-state index contributed by atoms with van der Waals surface area (Å²) in [7, 11) is 0. The highest BCUT2D eigenvalue weighted by Crippen LogP contribution is 2.47. The van der Waals surface area contributed by atoms with Crippen LogP contribution in [0.15, 0.2) is 22.6 Å². The first-order valence-electron chi connectivity index (χ1n) is 9.42. The molecule has 1 N–H and O–H groups in total. The molecule has 0 spiro atoms. The Hall–Kier alpha value is -1.59. The summed E-state index contributed by atoms with van der Waals surface area (Å²) in [5.74, 6) is 3.49. The number of morpholine rings is 1. The molecule has 2 fully saturated rings. The van der Waals surface area contributed by atoms with Crippen LogP contribution in [0.4, 0.5) is 0 Å². The average molecular weight is 346 g/mol. The Balaban J connectivity index is 1.48. The van der Waals surface area contributed by atoms with Crippen molar-refractivity contribution in [2.24, 2.45) is 11.8 Å². The predicted molar refractivity (Wildman–Crippen MR) is 98.3 cm³/mol. The van der Waals surface area contributed by atoms with Gasteiger partial charge in [0.2, 0.25) is 5.91 Å². The zero-order valence-electron chi connectivity index (χ0n) is 15.5. The van der Waals surface area contributed by atoms with E-state index in [-0.39, 0.29) is 5.91 Å². The van der Waals surface area contributed by atoms with E-state index in [9.17, 15) is 4.79 Å². The number of nitrogens with one attached hydrogen (secondary N) is 1. The molecule has 0 bridgehead atoms. The van der Waals surface area contributed by atoms with Crippen LogP contribution in [-0.4, -0.2) is 49.7 Å². The van der Waals surface area contributed by atoms with E-state index in [2.05, 4.69) is 31.0 Å². The van der Waals surface area contributed by atoms with Crippen molar-refractivity contribution in [3.05, 3.63) is 29.7 Å². The van der Waals surface area contributed by atoms with Crippen LogP contribution in [0.1, 0.15) is 44.6 Å². The van der Waals surface area contributed by atoms with Crippen LogP contribution in [0.5, 0.6) is 0 Å². The third-order valence-electron chi connectivity index (χ3n) is 5.29. The Morgan fingerprint density at radius 3 is 2.72 bits per heavy atom. The van der Waals surface area contributed by atoms with Crippen molar-refractivity contribution < 1.29 is 13.9 Å². The van der Waals surface area contributed by atoms with Gasteiger partial charge in [0.05, 0.1) is 13.2 Å². The standard InChI is InChI=1S/C20H30N2O3/c1-14(2)18(22-8-10-24-11-9-22)13-21-20(23)7-5-16-4-6-19(25-16)17-12-15(17)3/h4-7,14-15,17-18H,8-13H2,1-3H3,(H,21,23)/b7-5+/t15-,17+,18+/m0/s1. The minimum atomic E-state index is -0.0725. The molecule has 5 heteroatoms. The van der Waals surface area contributed by atoms with Gasteiger partial charge in [0.15, 0.2) is 0 Å². The summed E-state index contributed by atoms with van der Waals surface area (Å²) in [5, 5.41) is 3.03. The van der Waals surface area contributed by atoms with Crippen molar-refractivity contribution >= 4 is 12.0 Å². The maximum Gasteiger partial charge on any atom is 0.244 e. The van der Waals surface area contributed by atoms with Crippen LogP contribution >= 0.6 is 0 Å². The van der Waals surface area contributed by atoms with E-state index in [0.29, 0.717) is 24.4 Å². The molecular weight excluding hydrogens is 316 g/mol. The van der Waals surface area contributed by atoms with Gasteiger partial charge in [-0.1, -0.05) is 20.8 Å². The molecule has 1 amide bonds. The molecule has 5 nitrogen and oxygen atoms in total. The van der Waals surface area contributed by atoms with Crippen LogP contribution in [0.2, 0.25) is 0 Å². The Morgan fingerprint density at radius 1 is 1.36 bits per heavy atom. The summed E-state index contributed by atoms with van der Waals surface area (Å²) in [5.41, 5.74) is 0. The third kappa shape index (κ3) is 4.95. The lowest BCUT2D eigenvalue weighted by Crippen LogP contribution is -2.51. The Labute approximate surface area is 150 Å². The molecule has 1 saturated heterocycles. The Morgan fingerprint density at radius 2 is 2.08 bits per heavy atom. The molecule has 0 unspecified atom stereocenters.